The second-order valence-electron chi connectivity index (χ2n) is 11.2. The van der Waals surface area contributed by atoms with Gasteiger partial charge in [-0.3, -0.25) is 10.2 Å². The molecule has 1 atom stereocenters. The molecule has 1 aliphatic heterocycles. The molecule has 0 fully saturated rings. The van der Waals surface area contributed by atoms with E-state index in [1.807, 2.05) is 41.5 Å². The molecule has 224 valence electrons. The van der Waals surface area contributed by atoms with E-state index >= 15 is 0 Å². The van der Waals surface area contributed by atoms with Gasteiger partial charge in [0.05, 0.1) is 6.04 Å². The number of fused-ring (bicyclic) bond motifs is 3. The molecule has 1 amide bonds. The molecule has 0 spiro atoms. The maximum atomic E-state index is 13.1. The molecule has 5 aromatic rings. The van der Waals surface area contributed by atoms with Crippen LogP contribution in [0.2, 0.25) is 5.02 Å². The Kier molecular flexibility index (Phi) is 9.83. The minimum absolute atomic E-state index is 0.117. The van der Waals surface area contributed by atoms with Crippen LogP contribution in [0.1, 0.15) is 65.1 Å². The number of carbonyl (C=O) groups is 1. The van der Waals surface area contributed by atoms with Crippen molar-refractivity contribution in [2.24, 2.45) is 0 Å². The topological polar surface area (TPSA) is 64.9 Å². The predicted molar refractivity (Wildman–Crippen MR) is 174 cm³/mol. The second-order valence-corrected chi connectivity index (χ2v) is 12.8. The molecule has 0 saturated heterocycles. The number of nitrogens with zero attached hydrogens (tertiary/aromatic N) is 2. The molecule has 0 aliphatic carbocycles. The lowest BCUT2D eigenvalue weighted by Gasteiger charge is -2.36. The van der Waals surface area contributed by atoms with Gasteiger partial charge in [0.1, 0.15) is 5.82 Å². The van der Waals surface area contributed by atoms with E-state index in [1.165, 1.54) is 39.5 Å². The van der Waals surface area contributed by atoms with Crippen molar-refractivity contribution in [1.29, 1.82) is 5.41 Å². The van der Waals surface area contributed by atoms with E-state index in [0.717, 1.165) is 65.0 Å². The maximum absolute atomic E-state index is 13.1. The molecular weight excluding hydrogens is 579 g/mol. The van der Waals surface area contributed by atoms with Crippen LogP contribution in [-0.2, 0) is 24.2 Å². The van der Waals surface area contributed by atoms with Crippen LogP contribution in [0.3, 0.4) is 0 Å². The fourth-order valence-electron chi connectivity index (χ4n) is 5.77. The first-order valence-corrected chi connectivity index (χ1v) is 16.0. The molecule has 43 heavy (non-hydrogen) atoms. The van der Waals surface area contributed by atoms with Crippen LogP contribution in [0.4, 0.5) is 4.39 Å². The molecule has 3 aromatic carbocycles. The fraction of sp³-hybridized carbons (Fsp3) is 0.314. The summed E-state index contributed by atoms with van der Waals surface area (Å²) in [5, 5.41) is 9.94. The molecule has 5 nitrogen and oxygen atoms in total. The highest BCUT2D eigenvalue weighted by atomic mass is 35.5. The fourth-order valence-corrected chi connectivity index (χ4v) is 6.69. The molecule has 0 saturated carbocycles. The van der Waals surface area contributed by atoms with Crippen LogP contribution >= 0.6 is 22.9 Å². The number of thiazole rings is 1. The molecule has 8 heteroatoms. The Hall–Kier alpha value is -3.68. The van der Waals surface area contributed by atoms with Crippen molar-refractivity contribution < 1.29 is 9.18 Å². The third kappa shape index (κ3) is 7.28. The van der Waals surface area contributed by atoms with Crippen molar-refractivity contribution >= 4 is 39.7 Å². The van der Waals surface area contributed by atoms with Crippen molar-refractivity contribution in [2.45, 2.75) is 65.5 Å². The molecule has 2 aromatic heterocycles. The molecule has 3 heterocycles. The van der Waals surface area contributed by atoms with Gasteiger partial charge in [-0.15, -0.1) is 11.3 Å². The largest absolute Gasteiger partial charge is 0.356 e. The molecule has 0 bridgehead atoms. The summed E-state index contributed by atoms with van der Waals surface area (Å²) in [5.41, 5.74) is 6.95. The van der Waals surface area contributed by atoms with Crippen LogP contribution in [-0.4, -0.2) is 26.9 Å². The third-order valence-electron chi connectivity index (χ3n) is 7.90. The Labute approximate surface area is 261 Å². The van der Waals surface area contributed by atoms with Gasteiger partial charge in [-0.2, -0.15) is 0 Å². The number of hydrogen-bond donors (Lipinski definition) is 2. The van der Waals surface area contributed by atoms with Gasteiger partial charge in [0.15, 0.2) is 4.80 Å². The van der Waals surface area contributed by atoms with Crippen molar-refractivity contribution in [1.82, 2.24) is 14.5 Å². The van der Waals surface area contributed by atoms with Gasteiger partial charge in [0.2, 0.25) is 5.91 Å². The van der Waals surface area contributed by atoms with Gasteiger partial charge in [-0.1, -0.05) is 60.5 Å². The van der Waals surface area contributed by atoms with Gasteiger partial charge in [-0.25, -0.2) is 4.39 Å². The Morgan fingerprint density at radius 2 is 1.84 bits per heavy atom. The number of nitrogens with one attached hydrogen (secondary N) is 2. The average Bonchev–Trinajstić information content (AvgIpc) is 3.52. The SMILES string of the molecule is CCCC(=O)N1CCc2c([nH]c3ccc(Cl)cc23)C1c1ccc(CCCn2cc(C)sc2=N)cc1.Cc1ccc(F)cc1. The minimum Gasteiger partial charge on any atom is -0.356 e. The van der Waals surface area contributed by atoms with E-state index < -0.39 is 0 Å². The van der Waals surface area contributed by atoms with E-state index in [1.54, 1.807) is 12.1 Å². The Morgan fingerprint density at radius 1 is 1.09 bits per heavy atom. The normalized spacial score (nSPS) is 14.3. The van der Waals surface area contributed by atoms with Gasteiger partial charge in [-0.05, 0) is 86.6 Å². The zero-order valence-corrected chi connectivity index (χ0v) is 26.5. The van der Waals surface area contributed by atoms with E-state index in [2.05, 4.69) is 42.4 Å². The summed E-state index contributed by atoms with van der Waals surface area (Å²) in [5.74, 6) is 0.0359. The number of carbonyl (C=O) groups excluding carboxylic acids is 1. The number of amides is 1. The summed E-state index contributed by atoms with van der Waals surface area (Å²) >= 11 is 7.83. The highest BCUT2D eigenvalue weighted by Crippen LogP contribution is 2.39. The first-order valence-electron chi connectivity index (χ1n) is 14.9. The maximum Gasteiger partial charge on any atom is 0.223 e. The minimum atomic E-state index is -0.171. The first kappa shape index (κ1) is 30.8. The van der Waals surface area contributed by atoms with E-state index in [-0.39, 0.29) is 17.8 Å². The lowest BCUT2D eigenvalue weighted by Crippen LogP contribution is -2.40. The zero-order chi connectivity index (χ0) is 30.5. The molecular formula is C35H38ClFN4OS. The third-order valence-corrected chi connectivity index (χ3v) is 8.99. The number of aromatic amines is 1. The predicted octanol–water partition coefficient (Wildman–Crippen LogP) is 8.51. The summed E-state index contributed by atoms with van der Waals surface area (Å²) in [6.45, 7) is 7.60. The van der Waals surface area contributed by atoms with Crippen molar-refractivity contribution in [2.75, 3.05) is 6.54 Å². The molecule has 2 N–H and O–H groups in total. The first-order chi connectivity index (χ1) is 20.7. The number of hydrogen-bond acceptors (Lipinski definition) is 3. The molecule has 0 radical (unpaired) electrons. The number of H-pyrrole nitrogens is 1. The summed E-state index contributed by atoms with van der Waals surface area (Å²) in [6.07, 6.45) is 6.25. The number of rotatable bonds is 7. The van der Waals surface area contributed by atoms with Crippen LogP contribution in [0, 0.1) is 25.1 Å². The highest BCUT2D eigenvalue weighted by Gasteiger charge is 2.34. The molecule has 6 rings (SSSR count). The number of aryl methyl sites for hydroxylation is 4. The number of benzene rings is 3. The van der Waals surface area contributed by atoms with Crippen molar-refractivity contribution in [3.8, 4) is 0 Å². The van der Waals surface area contributed by atoms with Crippen LogP contribution in [0.15, 0.2) is 72.9 Å². The Bertz CT molecular complexity index is 1730. The van der Waals surface area contributed by atoms with Gasteiger partial charge in [0.25, 0.3) is 0 Å². The summed E-state index contributed by atoms with van der Waals surface area (Å²) in [4.78, 5) is 20.6. The standard InChI is InChI=1S/C28H31ClN4OS.C7H7F/c1-3-5-25(34)33-15-13-22-23-16-21(29)11-12-24(23)31-26(22)27(33)20-9-7-19(8-10-20)6-4-14-32-17-18(2)35-28(32)30;1-6-2-4-7(8)5-3-6/h7-12,16-17,27,30-31H,3-6,13-15H2,1-2H3;2-5H,1H3. The van der Waals surface area contributed by atoms with Crippen LogP contribution in [0.5, 0.6) is 0 Å². The Balaban J connectivity index is 0.000000400. The average molecular weight is 617 g/mol. The van der Waals surface area contributed by atoms with Crippen LogP contribution in [0.25, 0.3) is 10.9 Å². The van der Waals surface area contributed by atoms with E-state index in [0.29, 0.717) is 17.8 Å². The quantitative estimate of drug-likeness (QED) is 0.189. The number of halogens is 2. The van der Waals surface area contributed by atoms with E-state index in [4.69, 9.17) is 17.0 Å². The molecule has 1 unspecified atom stereocenters. The summed E-state index contributed by atoms with van der Waals surface area (Å²) in [7, 11) is 0. The Morgan fingerprint density at radius 3 is 2.49 bits per heavy atom. The zero-order valence-electron chi connectivity index (χ0n) is 24.9. The highest BCUT2D eigenvalue weighted by molar-refractivity contribution is 7.09. The monoisotopic (exact) mass is 616 g/mol. The van der Waals surface area contributed by atoms with Crippen LogP contribution < -0.4 is 4.80 Å². The van der Waals surface area contributed by atoms with Gasteiger partial charge in [0, 0.05) is 52.2 Å². The van der Waals surface area contributed by atoms with Gasteiger partial charge < -0.3 is 14.5 Å². The summed E-state index contributed by atoms with van der Waals surface area (Å²) < 4.78 is 14.1. The number of aromatic nitrogens is 2. The lowest BCUT2D eigenvalue weighted by atomic mass is 9.91. The van der Waals surface area contributed by atoms with Crippen molar-refractivity contribution in [3.05, 3.63) is 121 Å². The smallest absolute Gasteiger partial charge is 0.223 e. The van der Waals surface area contributed by atoms with Crippen molar-refractivity contribution in [3.63, 3.8) is 0 Å². The van der Waals surface area contributed by atoms with E-state index in [9.17, 15) is 9.18 Å². The van der Waals surface area contributed by atoms with Gasteiger partial charge >= 0.3 is 0 Å². The molecule has 1 aliphatic rings. The summed E-state index contributed by atoms with van der Waals surface area (Å²) in [6, 6.07) is 21.0. The lowest BCUT2D eigenvalue weighted by molar-refractivity contribution is -0.133. The second kappa shape index (κ2) is 13.7.